The number of carbonyl (C=O) groups is 1. The molecule has 4 nitrogen and oxygen atoms in total. The molecule has 1 aromatic heterocycles. The van der Waals surface area contributed by atoms with Gasteiger partial charge in [0.25, 0.3) is 0 Å². The third-order valence-electron chi connectivity index (χ3n) is 4.60. The summed E-state index contributed by atoms with van der Waals surface area (Å²) in [6.07, 6.45) is 2.08. The number of hydrogen-bond donors (Lipinski definition) is 1. The first-order chi connectivity index (χ1) is 11.3. The van der Waals surface area contributed by atoms with Gasteiger partial charge in [0, 0.05) is 22.9 Å². The summed E-state index contributed by atoms with van der Waals surface area (Å²) in [6.45, 7) is 2.54. The van der Waals surface area contributed by atoms with E-state index >= 15 is 0 Å². The molecule has 1 aliphatic heterocycles. The topological polar surface area (TPSA) is 44.7 Å². The van der Waals surface area contributed by atoms with E-state index in [0.29, 0.717) is 6.54 Å². The number of nitrogens with one attached hydrogen (secondary N) is 1. The lowest BCUT2D eigenvalue weighted by molar-refractivity contribution is 0.176. The molecule has 0 radical (unpaired) electrons. The Morgan fingerprint density at radius 3 is 3.00 bits per heavy atom. The van der Waals surface area contributed by atoms with Crippen LogP contribution in [0.25, 0.3) is 0 Å². The van der Waals surface area contributed by atoms with Crippen LogP contribution in [0, 0.1) is 5.92 Å². The van der Waals surface area contributed by atoms with Gasteiger partial charge in [-0.3, -0.25) is 0 Å². The molecule has 5 heteroatoms. The maximum Gasteiger partial charge on any atom is 0.338 e. The Hall–Kier alpha value is -2.14. The highest BCUT2D eigenvalue weighted by atomic mass is 32.1. The van der Waals surface area contributed by atoms with E-state index in [2.05, 4.69) is 41.0 Å². The van der Waals surface area contributed by atoms with Gasteiger partial charge in [-0.25, -0.2) is 9.80 Å². The average Bonchev–Trinajstić information content (AvgIpc) is 3.22. The van der Waals surface area contributed by atoms with Gasteiger partial charge < -0.3 is 5.32 Å². The molecule has 0 spiro atoms. The standard InChI is InChI=1S/C18H19N3OS/c1-2-19-18(22)21-17(15-8-5-11-23-15)14-10-9-12-6-3-4-7-13(12)16(14)20-21/h3-8,11,14,17H,2,9-10H2,1H3,(H,19,22). The third-order valence-corrected chi connectivity index (χ3v) is 5.54. The third kappa shape index (κ3) is 2.36. The molecular weight excluding hydrogens is 306 g/mol. The molecule has 118 valence electrons. The largest absolute Gasteiger partial charge is 0.338 e. The van der Waals surface area contributed by atoms with E-state index in [1.54, 1.807) is 16.3 Å². The van der Waals surface area contributed by atoms with Gasteiger partial charge in [0.2, 0.25) is 0 Å². The van der Waals surface area contributed by atoms with Crippen LogP contribution in [0.15, 0.2) is 46.9 Å². The summed E-state index contributed by atoms with van der Waals surface area (Å²) in [6, 6.07) is 12.5. The molecule has 2 unspecified atom stereocenters. The summed E-state index contributed by atoms with van der Waals surface area (Å²) >= 11 is 1.70. The van der Waals surface area contributed by atoms with E-state index in [4.69, 9.17) is 5.10 Å². The van der Waals surface area contributed by atoms with Crippen molar-refractivity contribution >= 4 is 23.1 Å². The van der Waals surface area contributed by atoms with E-state index < -0.39 is 0 Å². The first kappa shape index (κ1) is 14.5. The minimum Gasteiger partial charge on any atom is -0.337 e. The van der Waals surface area contributed by atoms with Crippen LogP contribution in [-0.2, 0) is 6.42 Å². The number of nitrogens with zero attached hydrogens (tertiary/aromatic N) is 2. The van der Waals surface area contributed by atoms with Crippen LogP contribution >= 0.6 is 11.3 Å². The zero-order chi connectivity index (χ0) is 15.8. The summed E-state index contributed by atoms with van der Waals surface area (Å²) in [5.41, 5.74) is 3.61. The zero-order valence-electron chi connectivity index (χ0n) is 13.0. The highest BCUT2D eigenvalue weighted by molar-refractivity contribution is 7.10. The second kappa shape index (κ2) is 5.81. The van der Waals surface area contributed by atoms with Crippen LogP contribution in [0.5, 0.6) is 0 Å². The first-order valence-corrected chi connectivity index (χ1v) is 8.94. The highest BCUT2D eigenvalue weighted by Gasteiger charge is 2.44. The van der Waals surface area contributed by atoms with Crippen molar-refractivity contribution in [2.24, 2.45) is 11.0 Å². The second-order valence-corrected chi connectivity index (χ2v) is 6.91. The number of hydrogen-bond acceptors (Lipinski definition) is 3. The van der Waals surface area contributed by atoms with Crippen LogP contribution in [0.4, 0.5) is 4.79 Å². The van der Waals surface area contributed by atoms with Gasteiger partial charge in [0.05, 0.1) is 11.8 Å². The lowest BCUT2D eigenvalue weighted by atomic mass is 9.79. The minimum absolute atomic E-state index is 0.0184. The van der Waals surface area contributed by atoms with E-state index in [1.807, 2.05) is 13.0 Å². The molecule has 2 amide bonds. The number of thiophene rings is 1. The number of carbonyl (C=O) groups excluding carboxylic acids is 1. The Morgan fingerprint density at radius 2 is 2.22 bits per heavy atom. The summed E-state index contributed by atoms with van der Waals surface area (Å²) in [5, 5.41) is 11.4. The molecule has 1 aliphatic carbocycles. The SMILES string of the molecule is CCNC(=O)N1N=C2c3ccccc3CCC2C1c1cccs1. The van der Waals surface area contributed by atoms with Gasteiger partial charge in [-0.2, -0.15) is 5.10 Å². The summed E-state index contributed by atoms with van der Waals surface area (Å²) in [5.74, 6) is 0.283. The van der Waals surface area contributed by atoms with Crippen molar-refractivity contribution in [3.05, 3.63) is 57.8 Å². The fourth-order valence-electron chi connectivity index (χ4n) is 3.60. The van der Waals surface area contributed by atoms with Gasteiger partial charge in [0.15, 0.2) is 0 Å². The van der Waals surface area contributed by atoms with Crippen LogP contribution in [-0.4, -0.2) is 23.3 Å². The molecule has 1 N–H and O–H groups in total. The molecule has 23 heavy (non-hydrogen) atoms. The number of benzene rings is 1. The van der Waals surface area contributed by atoms with Crippen molar-refractivity contribution in [2.75, 3.05) is 6.54 Å². The highest BCUT2D eigenvalue weighted by Crippen LogP contribution is 2.44. The van der Waals surface area contributed by atoms with E-state index in [0.717, 1.165) is 18.6 Å². The molecule has 1 aromatic carbocycles. The first-order valence-electron chi connectivity index (χ1n) is 8.07. The van der Waals surface area contributed by atoms with Gasteiger partial charge in [-0.15, -0.1) is 11.3 Å². The average molecular weight is 325 g/mol. The number of hydrazone groups is 1. The quantitative estimate of drug-likeness (QED) is 0.897. The lowest BCUT2D eigenvalue weighted by Gasteiger charge is -2.28. The fourth-order valence-corrected chi connectivity index (χ4v) is 4.48. The molecular formula is C18H19N3OS. The molecule has 0 bridgehead atoms. The summed E-state index contributed by atoms with van der Waals surface area (Å²) < 4.78 is 0. The normalized spacial score (nSPS) is 22.3. The van der Waals surface area contributed by atoms with Gasteiger partial charge in [0.1, 0.15) is 0 Å². The Morgan fingerprint density at radius 1 is 1.35 bits per heavy atom. The molecule has 2 aliphatic rings. The molecule has 0 saturated carbocycles. The molecule has 2 atom stereocenters. The second-order valence-electron chi connectivity index (χ2n) is 5.93. The maximum atomic E-state index is 12.5. The molecule has 2 heterocycles. The monoisotopic (exact) mass is 325 g/mol. The van der Waals surface area contributed by atoms with Crippen molar-refractivity contribution < 1.29 is 4.79 Å². The smallest absolute Gasteiger partial charge is 0.337 e. The summed E-state index contributed by atoms with van der Waals surface area (Å²) in [7, 11) is 0. The Labute approximate surface area is 139 Å². The molecule has 2 aromatic rings. The van der Waals surface area contributed by atoms with Crippen molar-refractivity contribution in [3.63, 3.8) is 0 Å². The molecule has 4 rings (SSSR count). The van der Waals surface area contributed by atoms with Crippen molar-refractivity contribution in [3.8, 4) is 0 Å². The minimum atomic E-state index is -0.106. The Kier molecular flexibility index (Phi) is 3.65. The van der Waals surface area contributed by atoms with Crippen LogP contribution in [0.3, 0.4) is 0 Å². The number of fused-ring (bicyclic) bond motifs is 3. The van der Waals surface area contributed by atoms with E-state index in [9.17, 15) is 4.79 Å². The summed E-state index contributed by atoms with van der Waals surface area (Å²) in [4.78, 5) is 13.7. The zero-order valence-corrected chi connectivity index (χ0v) is 13.8. The van der Waals surface area contributed by atoms with E-state index in [1.165, 1.54) is 16.0 Å². The van der Waals surface area contributed by atoms with Crippen LogP contribution < -0.4 is 5.32 Å². The predicted octanol–water partition coefficient (Wildman–Crippen LogP) is 3.80. The van der Waals surface area contributed by atoms with Crippen LogP contribution in [0.2, 0.25) is 0 Å². The van der Waals surface area contributed by atoms with Crippen LogP contribution in [0.1, 0.15) is 35.4 Å². The lowest BCUT2D eigenvalue weighted by Crippen LogP contribution is -2.38. The Bertz CT molecular complexity index is 753. The van der Waals surface area contributed by atoms with Crippen molar-refractivity contribution in [1.82, 2.24) is 10.3 Å². The van der Waals surface area contributed by atoms with Gasteiger partial charge >= 0.3 is 6.03 Å². The van der Waals surface area contributed by atoms with Crippen molar-refractivity contribution in [1.29, 1.82) is 0 Å². The number of rotatable bonds is 2. The van der Waals surface area contributed by atoms with Crippen molar-refractivity contribution in [2.45, 2.75) is 25.8 Å². The maximum absolute atomic E-state index is 12.5. The van der Waals surface area contributed by atoms with E-state index in [-0.39, 0.29) is 18.0 Å². The number of aryl methyl sites for hydroxylation is 1. The Balaban J connectivity index is 1.78. The molecule has 0 fully saturated rings. The fraction of sp³-hybridized carbons (Fsp3) is 0.333. The number of amides is 2. The predicted molar refractivity (Wildman–Crippen MR) is 92.8 cm³/mol. The van der Waals surface area contributed by atoms with Gasteiger partial charge in [-0.05, 0) is 36.8 Å². The molecule has 0 saturated heterocycles. The van der Waals surface area contributed by atoms with Gasteiger partial charge in [-0.1, -0.05) is 30.3 Å². The number of urea groups is 1.